The van der Waals surface area contributed by atoms with Crippen molar-refractivity contribution in [2.45, 2.75) is 0 Å². The predicted octanol–water partition coefficient (Wildman–Crippen LogP) is 0.761. The lowest BCUT2D eigenvalue weighted by Gasteiger charge is -2.25. The molecule has 0 radical (unpaired) electrons. The Morgan fingerprint density at radius 1 is 1.56 bits per heavy atom. The fourth-order valence-electron chi connectivity index (χ4n) is 1.63. The highest BCUT2D eigenvalue weighted by atomic mass is 16.6. The van der Waals surface area contributed by atoms with Gasteiger partial charge in [0.2, 0.25) is 5.91 Å². The third-order valence-electron chi connectivity index (χ3n) is 2.80. The van der Waals surface area contributed by atoms with Crippen molar-refractivity contribution in [2.75, 3.05) is 25.5 Å². The largest absolute Gasteiger partial charge is 0.490 e. The van der Waals surface area contributed by atoms with Crippen LogP contribution in [-0.2, 0) is 4.79 Å². The lowest BCUT2D eigenvalue weighted by Crippen LogP contribution is -2.48. The molecule has 1 aromatic carbocycles. The van der Waals surface area contributed by atoms with E-state index >= 15 is 0 Å². The summed E-state index contributed by atoms with van der Waals surface area (Å²) in [6.07, 6.45) is 0. The van der Waals surface area contributed by atoms with E-state index in [0.29, 0.717) is 18.8 Å². The first-order valence-electron chi connectivity index (χ1n) is 5.46. The second-order valence-electron chi connectivity index (χ2n) is 3.99. The molecule has 1 fully saturated rings. The fourth-order valence-corrected chi connectivity index (χ4v) is 1.63. The number of benzene rings is 1. The van der Waals surface area contributed by atoms with Gasteiger partial charge in [-0.15, -0.1) is 0 Å². The highest BCUT2D eigenvalue weighted by Crippen LogP contribution is 2.29. The van der Waals surface area contributed by atoms with E-state index in [1.165, 1.54) is 19.2 Å². The molecule has 7 heteroatoms. The van der Waals surface area contributed by atoms with Gasteiger partial charge in [-0.25, -0.2) is 0 Å². The van der Waals surface area contributed by atoms with E-state index in [-0.39, 0.29) is 23.3 Å². The fraction of sp³-hybridized carbons (Fsp3) is 0.364. The smallest absolute Gasteiger partial charge is 0.312 e. The third-order valence-corrected chi connectivity index (χ3v) is 2.80. The number of carbonyl (C=O) groups is 1. The number of rotatable bonds is 4. The summed E-state index contributed by atoms with van der Waals surface area (Å²) in [6, 6.07) is 4.34. The summed E-state index contributed by atoms with van der Waals surface area (Å²) in [5, 5.41) is 16.5. The van der Waals surface area contributed by atoms with Crippen LogP contribution in [0.2, 0.25) is 0 Å². The summed E-state index contributed by atoms with van der Waals surface area (Å²) in [5.41, 5.74) is 0.237. The zero-order valence-corrected chi connectivity index (χ0v) is 9.80. The van der Waals surface area contributed by atoms with Crippen LogP contribution in [0, 0.1) is 16.0 Å². The van der Waals surface area contributed by atoms with Crippen LogP contribution in [-0.4, -0.2) is 31.0 Å². The first kappa shape index (κ1) is 12.3. The zero-order chi connectivity index (χ0) is 13.1. The van der Waals surface area contributed by atoms with E-state index in [2.05, 4.69) is 10.6 Å². The summed E-state index contributed by atoms with van der Waals surface area (Å²) in [5.74, 6) is -0.0253. The molecule has 1 heterocycles. The Kier molecular flexibility index (Phi) is 3.42. The number of nitro benzene ring substituents is 1. The highest BCUT2D eigenvalue weighted by Gasteiger charge is 2.25. The first-order chi connectivity index (χ1) is 8.61. The number of hydrogen-bond acceptors (Lipinski definition) is 5. The lowest BCUT2D eigenvalue weighted by molar-refractivity contribution is -0.385. The van der Waals surface area contributed by atoms with Gasteiger partial charge in [0, 0.05) is 24.8 Å². The monoisotopic (exact) mass is 251 g/mol. The van der Waals surface area contributed by atoms with E-state index in [9.17, 15) is 14.9 Å². The molecule has 2 rings (SSSR count). The van der Waals surface area contributed by atoms with Gasteiger partial charge in [0.1, 0.15) is 0 Å². The molecule has 1 saturated heterocycles. The maximum absolute atomic E-state index is 11.7. The number of nitrogens with one attached hydrogen (secondary N) is 2. The first-order valence-corrected chi connectivity index (χ1v) is 5.46. The van der Waals surface area contributed by atoms with Gasteiger partial charge in [0.15, 0.2) is 5.75 Å². The molecular weight excluding hydrogens is 238 g/mol. The molecule has 96 valence electrons. The zero-order valence-electron chi connectivity index (χ0n) is 9.80. The van der Waals surface area contributed by atoms with E-state index in [4.69, 9.17) is 4.74 Å². The minimum absolute atomic E-state index is 0.0637. The molecule has 0 saturated carbocycles. The summed E-state index contributed by atoms with van der Waals surface area (Å²) < 4.78 is 4.88. The summed E-state index contributed by atoms with van der Waals surface area (Å²) in [7, 11) is 1.36. The van der Waals surface area contributed by atoms with Crippen LogP contribution in [0.5, 0.6) is 5.75 Å². The predicted molar refractivity (Wildman–Crippen MR) is 64.6 cm³/mol. The number of methoxy groups -OCH3 is 1. The summed E-state index contributed by atoms with van der Waals surface area (Å²) >= 11 is 0. The number of nitrogens with zero attached hydrogens (tertiary/aromatic N) is 1. The van der Waals surface area contributed by atoms with E-state index in [1.54, 1.807) is 6.07 Å². The highest BCUT2D eigenvalue weighted by molar-refractivity contribution is 5.93. The Hall–Kier alpha value is -2.15. The minimum Gasteiger partial charge on any atom is -0.490 e. The quantitative estimate of drug-likeness (QED) is 0.608. The molecule has 2 N–H and O–H groups in total. The standard InChI is InChI=1S/C11H13N3O4/c1-18-10-3-2-8(4-9(10)14(16)17)13-11(15)7-5-12-6-7/h2-4,7,12H,5-6H2,1H3,(H,13,15). The van der Waals surface area contributed by atoms with Gasteiger partial charge >= 0.3 is 5.69 Å². The normalized spacial score (nSPS) is 14.7. The van der Waals surface area contributed by atoms with Gasteiger partial charge in [-0.2, -0.15) is 0 Å². The molecule has 7 nitrogen and oxygen atoms in total. The van der Waals surface area contributed by atoms with E-state index in [0.717, 1.165) is 0 Å². The maximum atomic E-state index is 11.7. The van der Waals surface area contributed by atoms with Gasteiger partial charge in [-0.1, -0.05) is 0 Å². The van der Waals surface area contributed by atoms with Crippen LogP contribution in [0.25, 0.3) is 0 Å². The molecule has 0 spiro atoms. The average Bonchev–Trinajstić information content (AvgIpc) is 2.26. The lowest BCUT2D eigenvalue weighted by atomic mass is 10.0. The topological polar surface area (TPSA) is 93.5 Å². The third kappa shape index (κ3) is 2.40. The Labute approximate surface area is 103 Å². The van der Waals surface area contributed by atoms with Crippen molar-refractivity contribution in [3.05, 3.63) is 28.3 Å². The number of carbonyl (C=O) groups excluding carboxylic acids is 1. The summed E-state index contributed by atoms with van der Waals surface area (Å²) in [6.45, 7) is 1.29. The van der Waals surface area contributed by atoms with Crippen molar-refractivity contribution >= 4 is 17.3 Å². The molecule has 1 aromatic rings. The molecule has 0 bridgehead atoms. The molecule has 0 unspecified atom stereocenters. The minimum atomic E-state index is -0.542. The number of ether oxygens (including phenoxy) is 1. The molecule has 1 aliphatic heterocycles. The van der Waals surface area contributed by atoms with Crippen molar-refractivity contribution in [1.82, 2.24) is 5.32 Å². The second kappa shape index (κ2) is 5.01. The second-order valence-corrected chi connectivity index (χ2v) is 3.99. The SMILES string of the molecule is COc1ccc(NC(=O)C2CNC2)cc1[N+](=O)[O-]. The maximum Gasteiger partial charge on any atom is 0.312 e. The van der Waals surface area contributed by atoms with Crippen LogP contribution in [0.1, 0.15) is 0 Å². The molecular formula is C11H13N3O4. The van der Waals surface area contributed by atoms with Gasteiger partial charge in [0.05, 0.1) is 18.0 Å². The summed E-state index contributed by atoms with van der Waals surface area (Å²) in [4.78, 5) is 22.0. The molecule has 1 aliphatic rings. The Morgan fingerprint density at radius 2 is 2.28 bits per heavy atom. The van der Waals surface area contributed by atoms with Crippen molar-refractivity contribution in [3.8, 4) is 5.75 Å². The van der Waals surface area contributed by atoms with E-state index < -0.39 is 4.92 Å². The van der Waals surface area contributed by atoms with Crippen LogP contribution in [0.3, 0.4) is 0 Å². The van der Waals surface area contributed by atoms with E-state index in [1.807, 2.05) is 0 Å². The number of anilines is 1. The molecule has 0 aromatic heterocycles. The number of amides is 1. The molecule has 0 atom stereocenters. The van der Waals surface area contributed by atoms with Crippen LogP contribution < -0.4 is 15.4 Å². The van der Waals surface area contributed by atoms with Crippen molar-refractivity contribution in [1.29, 1.82) is 0 Å². The van der Waals surface area contributed by atoms with Crippen molar-refractivity contribution in [3.63, 3.8) is 0 Å². The Balaban J connectivity index is 2.15. The van der Waals surface area contributed by atoms with Gasteiger partial charge in [0.25, 0.3) is 0 Å². The van der Waals surface area contributed by atoms with Crippen LogP contribution >= 0.6 is 0 Å². The van der Waals surface area contributed by atoms with Gasteiger partial charge in [-0.05, 0) is 12.1 Å². The number of nitro groups is 1. The van der Waals surface area contributed by atoms with Crippen molar-refractivity contribution < 1.29 is 14.5 Å². The average molecular weight is 251 g/mol. The molecule has 1 amide bonds. The van der Waals surface area contributed by atoms with Crippen LogP contribution in [0.15, 0.2) is 18.2 Å². The number of hydrogen-bond donors (Lipinski definition) is 2. The molecule has 18 heavy (non-hydrogen) atoms. The van der Waals surface area contributed by atoms with Gasteiger partial charge in [-0.3, -0.25) is 14.9 Å². The Morgan fingerprint density at radius 3 is 2.78 bits per heavy atom. The molecule has 0 aliphatic carbocycles. The van der Waals surface area contributed by atoms with Gasteiger partial charge < -0.3 is 15.4 Å². The van der Waals surface area contributed by atoms with Crippen molar-refractivity contribution in [2.24, 2.45) is 5.92 Å². The Bertz CT molecular complexity index is 485. The van der Waals surface area contributed by atoms with Crippen LogP contribution in [0.4, 0.5) is 11.4 Å².